The first-order valence-electron chi connectivity index (χ1n) is 12.4. The fourth-order valence-electron chi connectivity index (χ4n) is 6.94. The van der Waals surface area contributed by atoms with Gasteiger partial charge in [-0.2, -0.15) is 0 Å². The Labute approximate surface area is 192 Å². The van der Waals surface area contributed by atoms with Crippen LogP contribution >= 0.6 is 0 Å². The van der Waals surface area contributed by atoms with E-state index >= 15 is 0 Å². The molecule has 0 bridgehead atoms. The SMILES string of the molecule is Cc1cccc(N2CCN(C[C@@H]3C(=O)O[C@@H]4CC5=CCC[C@H](C)[C@@]5(C)[C@H](O)[C@@H]34)C[C@@H]2C)c1. The van der Waals surface area contributed by atoms with Gasteiger partial charge in [0, 0.05) is 55.7 Å². The maximum absolute atomic E-state index is 13.0. The number of ether oxygens (including phenoxy) is 1. The van der Waals surface area contributed by atoms with Crippen molar-refractivity contribution in [3.05, 3.63) is 41.5 Å². The number of hydrogen-bond acceptors (Lipinski definition) is 5. The van der Waals surface area contributed by atoms with Gasteiger partial charge in [-0.05, 0) is 50.3 Å². The van der Waals surface area contributed by atoms with E-state index in [0.717, 1.165) is 38.9 Å². The van der Waals surface area contributed by atoms with Gasteiger partial charge >= 0.3 is 5.97 Å². The second-order valence-corrected chi connectivity index (χ2v) is 10.9. The Bertz CT molecular complexity index is 914. The van der Waals surface area contributed by atoms with Crippen molar-refractivity contribution >= 4 is 11.7 Å². The van der Waals surface area contributed by atoms with E-state index in [9.17, 15) is 9.90 Å². The molecule has 5 nitrogen and oxygen atoms in total. The van der Waals surface area contributed by atoms with Crippen LogP contribution in [0, 0.1) is 30.1 Å². The molecule has 4 aliphatic rings. The van der Waals surface area contributed by atoms with Gasteiger partial charge in [-0.1, -0.05) is 37.6 Å². The maximum Gasteiger partial charge on any atom is 0.311 e. The average molecular weight is 439 g/mol. The van der Waals surface area contributed by atoms with Crippen LogP contribution in [-0.2, 0) is 9.53 Å². The molecule has 174 valence electrons. The van der Waals surface area contributed by atoms with E-state index in [1.165, 1.54) is 16.8 Å². The number of carbonyl (C=O) groups is 1. The summed E-state index contributed by atoms with van der Waals surface area (Å²) in [4.78, 5) is 17.8. The van der Waals surface area contributed by atoms with Crippen molar-refractivity contribution in [2.24, 2.45) is 23.2 Å². The molecular weight excluding hydrogens is 400 g/mol. The molecule has 0 amide bonds. The maximum atomic E-state index is 13.0. The predicted octanol–water partition coefficient (Wildman–Crippen LogP) is 3.79. The highest BCUT2D eigenvalue weighted by Crippen LogP contribution is 2.56. The highest BCUT2D eigenvalue weighted by Gasteiger charge is 2.59. The summed E-state index contributed by atoms with van der Waals surface area (Å²) in [6, 6.07) is 9.07. The molecule has 2 aliphatic heterocycles. The van der Waals surface area contributed by atoms with Crippen LogP contribution in [0.2, 0.25) is 0 Å². The summed E-state index contributed by atoms with van der Waals surface area (Å²) in [6.07, 6.45) is 4.57. The van der Waals surface area contributed by atoms with Crippen LogP contribution in [-0.4, -0.2) is 60.4 Å². The Morgan fingerprint density at radius 3 is 2.81 bits per heavy atom. The third-order valence-corrected chi connectivity index (χ3v) is 9.07. The molecule has 1 aromatic rings. The first kappa shape index (κ1) is 22.0. The van der Waals surface area contributed by atoms with Crippen molar-refractivity contribution in [2.75, 3.05) is 31.1 Å². The van der Waals surface area contributed by atoms with Gasteiger partial charge < -0.3 is 14.7 Å². The standard InChI is InChI=1S/C27H38N2O3/c1-17-7-5-10-21(13-17)29-12-11-28(15-19(29)3)16-22-24-23(32-26(22)31)14-20-9-6-8-18(2)27(20,4)25(24)30/h5,7,9-10,13,18-19,22-25,30H,6,8,11-12,14-16H2,1-4H3/t18-,19-,22-,23+,24-,25+,27+/m0/s1. The monoisotopic (exact) mass is 438 g/mol. The van der Waals surface area contributed by atoms with Gasteiger partial charge in [-0.3, -0.25) is 9.69 Å². The quantitative estimate of drug-likeness (QED) is 0.575. The number of aliphatic hydroxyl groups is 1. The fraction of sp³-hybridized carbons (Fsp3) is 0.667. The Morgan fingerprint density at radius 2 is 2.06 bits per heavy atom. The van der Waals surface area contributed by atoms with E-state index in [1.807, 2.05) is 0 Å². The Hall–Kier alpha value is -1.85. The minimum atomic E-state index is -0.523. The molecule has 1 aromatic carbocycles. The third kappa shape index (κ3) is 3.49. The molecule has 2 aliphatic carbocycles. The lowest BCUT2D eigenvalue weighted by molar-refractivity contribution is -0.145. The smallest absolute Gasteiger partial charge is 0.311 e. The number of esters is 1. The molecule has 2 saturated heterocycles. The van der Waals surface area contributed by atoms with Crippen LogP contribution in [0.1, 0.15) is 45.6 Å². The zero-order valence-corrected chi connectivity index (χ0v) is 20.0. The topological polar surface area (TPSA) is 53.0 Å². The van der Waals surface area contributed by atoms with Gasteiger partial charge in [-0.15, -0.1) is 0 Å². The molecule has 3 fully saturated rings. The number of anilines is 1. The number of hydrogen-bond donors (Lipinski definition) is 1. The molecule has 1 saturated carbocycles. The van der Waals surface area contributed by atoms with Crippen molar-refractivity contribution in [1.82, 2.24) is 4.90 Å². The van der Waals surface area contributed by atoms with Crippen LogP contribution < -0.4 is 4.90 Å². The lowest BCUT2D eigenvalue weighted by atomic mass is 9.55. The third-order valence-electron chi connectivity index (χ3n) is 9.07. The number of nitrogens with zero attached hydrogens (tertiary/aromatic N) is 2. The lowest BCUT2D eigenvalue weighted by Crippen LogP contribution is -2.56. The van der Waals surface area contributed by atoms with Crippen molar-refractivity contribution in [3.8, 4) is 0 Å². The van der Waals surface area contributed by atoms with Gasteiger partial charge in [0.15, 0.2) is 0 Å². The van der Waals surface area contributed by atoms with Gasteiger partial charge in [0.05, 0.1) is 12.0 Å². The summed E-state index contributed by atoms with van der Waals surface area (Å²) in [5.74, 6) is -0.0217. The summed E-state index contributed by atoms with van der Waals surface area (Å²) in [5, 5.41) is 11.6. The van der Waals surface area contributed by atoms with E-state index in [4.69, 9.17) is 4.74 Å². The predicted molar refractivity (Wildman–Crippen MR) is 126 cm³/mol. The Balaban J connectivity index is 1.30. The average Bonchev–Trinajstić information content (AvgIpc) is 3.05. The number of fused-ring (bicyclic) bond motifs is 2. The summed E-state index contributed by atoms with van der Waals surface area (Å²) in [6.45, 7) is 12.4. The van der Waals surface area contributed by atoms with E-state index < -0.39 is 6.10 Å². The molecule has 2 heterocycles. The van der Waals surface area contributed by atoms with Gasteiger partial charge in [0.1, 0.15) is 6.10 Å². The summed E-state index contributed by atoms with van der Waals surface area (Å²) >= 11 is 0. The number of rotatable bonds is 3. The van der Waals surface area contributed by atoms with E-state index in [-0.39, 0.29) is 29.3 Å². The Kier molecular flexibility index (Phi) is 5.61. The van der Waals surface area contributed by atoms with Gasteiger partial charge in [0.25, 0.3) is 0 Å². The van der Waals surface area contributed by atoms with Crippen molar-refractivity contribution < 1.29 is 14.6 Å². The van der Waals surface area contributed by atoms with Gasteiger partial charge in [0.2, 0.25) is 0 Å². The largest absolute Gasteiger partial charge is 0.461 e. The zero-order valence-electron chi connectivity index (χ0n) is 20.0. The first-order valence-corrected chi connectivity index (χ1v) is 12.4. The zero-order chi connectivity index (χ0) is 22.6. The number of piperazine rings is 1. The fourth-order valence-corrected chi connectivity index (χ4v) is 6.94. The molecule has 0 spiro atoms. The van der Waals surface area contributed by atoms with E-state index in [2.05, 4.69) is 67.8 Å². The summed E-state index contributed by atoms with van der Waals surface area (Å²) in [7, 11) is 0. The number of benzene rings is 1. The molecule has 7 atom stereocenters. The van der Waals surface area contributed by atoms with E-state index in [0.29, 0.717) is 18.5 Å². The lowest BCUT2D eigenvalue weighted by Gasteiger charge is -2.52. The van der Waals surface area contributed by atoms with Crippen LogP contribution in [0.25, 0.3) is 0 Å². The van der Waals surface area contributed by atoms with Gasteiger partial charge in [-0.25, -0.2) is 0 Å². The molecule has 5 heteroatoms. The van der Waals surface area contributed by atoms with E-state index in [1.54, 1.807) is 0 Å². The second kappa shape index (κ2) is 8.18. The van der Waals surface area contributed by atoms with Crippen LogP contribution in [0.4, 0.5) is 5.69 Å². The minimum absolute atomic E-state index is 0.102. The molecule has 1 N–H and O–H groups in total. The minimum Gasteiger partial charge on any atom is -0.461 e. The Morgan fingerprint density at radius 1 is 1.25 bits per heavy atom. The molecule has 32 heavy (non-hydrogen) atoms. The summed E-state index contributed by atoms with van der Waals surface area (Å²) in [5.41, 5.74) is 3.63. The molecule has 0 radical (unpaired) electrons. The molecule has 0 unspecified atom stereocenters. The number of allylic oxidation sites excluding steroid dienone is 1. The number of aliphatic hydroxyl groups excluding tert-OH is 1. The summed E-state index contributed by atoms with van der Waals surface area (Å²) < 4.78 is 5.87. The molecular formula is C27H38N2O3. The molecule has 0 aromatic heterocycles. The number of aryl methyl sites for hydroxylation is 1. The molecule has 5 rings (SSSR count). The second-order valence-electron chi connectivity index (χ2n) is 10.9. The first-order chi connectivity index (χ1) is 15.3. The highest BCUT2D eigenvalue weighted by atomic mass is 16.6. The van der Waals surface area contributed by atoms with Crippen molar-refractivity contribution in [3.63, 3.8) is 0 Å². The van der Waals surface area contributed by atoms with Crippen molar-refractivity contribution in [2.45, 2.75) is 65.2 Å². The van der Waals surface area contributed by atoms with Crippen molar-refractivity contribution in [1.29, 1.82) is 0 Å². The van der Waals surface area contributed by atoms with Crippen LogP contribution in [0.15, 0.2) is 35.9 Å². The highest BCUT2D eigenvalue weighted by molar-refractivity contribution is 5.76. The number of carbonyl (C=O) groups excluding carboxylic acids is 1. The van der Waals surface area contributed by atoms with Crippen LogP contribution in [0.5, 0.6) is 0 Å². The normalized spacial score (nSPS) is 39.8. The van der Waals surface area contributed by atoms with Crippen LogP contribution in [0.3, 0.4) is 0 Å².